The van der Waals surface area contributed by atoms with E-state index in [0.717, 1.165) is 30.6 Å². The summed E-state index contributed by atoms with van der Waals surface area (Å²) in [7, 11) is 3.54. The molecule has 2 N–H and O–H groups in total. The number of nitrogens with one attached hydrogen (secondary N) is 2. The second-order valence-corrected chi connectivity index (χ2v) is 7.00. The fourth-order valence-corrected chi connectivity index (χ4v) is 3.03. The molecule has 0 aliphatic heterocycles. The van der Waals surface area contributed by atoms with Gasteiger partial charge in [-0.25, -0.2) is 0 Å². The van der Waals surface area contributed by atoms with Gasteiger partial charge < -0.3 is 20.1 Å². The molecule has 0 atom stereocenters. The number of rotatable bonds is 10. The van der Waals surface area contributed by atoms with E-state index in [4.69, 9.17) is 44.3 Å². The smallest absolute Gasteiger partial charge is 0.180 e. The van der Waals surface area contributed by atoms with Crippen LogP contribution in [0.2, 0.25) is 15.1 Å². The van der Waals surface area contributed by atoms with E-state index >= 15 is 0 Å². The maximum absolute atomic E-state index is 6.41. The summed E-state index contributed by atoms with van der Waals surface area (Å²) >= 11 is 18.4. The summed E-state index contributed by atoms with van der Waals surface area (Å²) in [4.78, 5) is 0. The number of hydrogen-bond donors (Lipinski definition) is 2. The van der Waals surface area contributed by atoms with Crippen LogP contribution in [-0.2, 0) is 13.2 Å². The molecule has 0 aliphatic rings. The Morgan fingerprint density at radius 3 is 2.38 bits per heavy atom. The van der Waals surface area contributed by atoms with Gasteiger partial charge in [-0.15, -0.1) is 0 Å². The standard InChI is InChI=1S/C19H23Cl3N2O2/c1-23-6-3-7-24-11-14-9-17(22)19(18(10-14)25-2)26-12-13-4-5-15(20)16(21)8-13/h4-5,8-10,23-24H,3,6-7,11-12H2,1-2H3. The highest BCUT2D eigenvalue weighted by Crippen LogP contribution is 2.37. The van der Waals surface area contributed by atoms with Gasteiger partial charge in [0.05, 0.1) is 22.2 Å². The molecule has 26 heavy (non-hydrogen) atoms. The van der Waals surface area contributed by atoms with Gasteiger partial charge in [-0.2, -0.15) is 0 Å². The largest absolute Gasteiger partial charge is 0.493 e. The lowest BCUT2D eigenvalue weighted by atomic mass is 10.2. The van der Waals surface area contributed by atoms with Crippen molar-refractivity contribution < 1.29 is 9.47 Å². The summed E-state index contributed by atoms with van der Waals surface area (Å²) in [5.74, 6) is 1.11. The number of benzene rings is 2. The molecule has 0 unspecified atom stereocenters. The minimum absolute atomic E-state index is 0.314. The molecule has 0 bridgehead atoms. The van der Waals surface area contributed by atoms with E-state index in [1.54, 1.807) is 19.2 Å². The molecule has 0 aliphatic carbocycles. The van der Waals surface area contributed by atoms with Crippen LogP contribution in [0.1, 0.15) is 17.5 Å². The second-order valence-electron chi connectivity index (χ2n) is 5.78. The Hall–Kier alpha value is -1.17. The highest BCUT2D eigenvalue weighted by molar-refractivity contribution is 6.42. The van der Waals surface area contributed by atoms with Gasteiger partial charge in [0, 0.05) is 6.54 Å². The fraction of sp³-hybridized carbons (Fsp3) is 0.368. The van der Waals surface area contributed by atoms with Gasteiger partial charge >= 0.3 is 0 Å². The van der Waals surface area contributed by atoms with Gasteiger partial charge in [0.2, 0.25) is 0 Å². The lowest BCUT2D eigenvalue weighted by molar-refractivity contribution is 0.284. The minimum atomic E-state index is 0.314. The summed E-state index contributed by atoms with van der Waals surface area (Å²) in [5.41, 5.74) is 1.94. The zero-order valence-corrected chi connectivity index (χ0v) is 17.1. The molecule has 0 heterocycles. The molecule has 0 radical (unpaired) electrons. The first kappa shape index (κ1) is 21.1. The van der Waals surface area contributed by atoms with Gasteiger partial charge in [-0.3, -0.25) is 0 Å². The lowest BCUT2D eigenvalue weighted by Gasteiger charge is -2.15. The average molecular weight is 418 g/mol. The first-order valence-corrected chi connectivity index (χ1v) is 9.47. The Morgan fingerprint density at radius 1 is 0.923 bits per heavy atom. The third kappa shape index (κ3) is 6.22. The van der Waals surface area contributed by atoms with E-state index in [0.29, 0.717) is 39.7 Å². The molecule has 0 saturated carbocycles. The van der Waals surface area contributed by atoms with Crippen LogP contribution in [0.5, 0.6) is 11.5 Å². The van der Waals surface area contributed by atoms with Gasteiger partial charge in [0.1, 0.15) is 6.61 Å². The molecule has 2 rings (SSSR count). The zero-order chi connectivity index (χ0) is 18.9. The van der Waals surface area contributed by atoms with Crippen molar-refractivity contribution in [1.29, 1.82) is 0 Å². The zero-order valence-electron chi connectivity index (χ0n) is 14.9. The van der Waals surface area contributed by atoms with Crippen LogP contribution in [0.25, 0.3) is 0 Å². The monoisotopic (exact) mass is 416 g/mol. The SMILES string of the molecule is CNCCCNCc1cc(Cl)c(OCc2ccc(Cl)c(Cl)c2)c(OC)c1. The summed E-state index contributed by atoms with van der Waals surface area (Å²) in [5, 5.41) is 8.02. The van der Waals surface area contributed by atoms with Crippen LogP contribution in [0.4, 0.5) is 0 Å². The maximum Gasteiger partial charge on any atom is 0.180 e. The minimum Gasteiger partial charge on any atom is -0.493 e. The predicted molar refractivity (Wildman–Crippen MR) is 109 cm³/mol. The fourth-order valence-electron chi connectivity index (χ4n) is 2.42. The number of ether oxygens (including phenoxy) is 2. The predicted octanol–water partition coefficient (Wildman–Crippen LogP) is 4.93. The van der Waals surface area contributed by atoms with Crippen molar-refractivity contribution in [2.24, 2.45) is 0 Å². The van der Waals surface area contributed by atoms with Crippen LogP contribution in [-0.4, -0.2) is 27.2 Å². The molecular formula is C19H23Cl3N2O2. The van der Waals surface area contributed by atoms with E-state index in [9.17, 15) is 0 Å². The first-order chi connectivity index (χ1) is 12.5. The molecule has 142 valence electrons. The van der Waals surface area contributed by atoms with Crippen molar-refractivity contribution in [2.45, 2.75) is 19.6 Å². The normalized spacial score (nSPS) is 10.8. The highest BCUT2D eigenvalue weighted by Gasteiger charge is 2.13. The van der Waals surface area contributed by atoms with E-state index in [2.05, 4.69) is 10.6 Å². The molecular weight excluding hydrogens is 395 g/mol. The summed E-state index contributed by atoms with van der Waals surface area (Å²) < 4.78 is 11.3. The molecule has 7 heteroatoms. The second kappa shape index (κ2) is 10.9. The quantitative estimate of drug-likeness (QED) is 0.538. The molecule has 0 aromatic heterocycles. The Kier molecular flexibility index (Phi) is 8.82. The third-order valence-electron chi connectivity index (χ3n) is 3.77. The molecule has 2 aromatic rings. The van der Waals surface area contributed by atoms with Crippen molar-refractivity contribution >= 4 is 34.8 Å². The third-order valence-corrected chi connectivity index (χ3v) is 4.79. The average Bonchev–Trinajstić information content (AvgIpc) is 2.63. The molecule has 4 nitrogen and oxygen atoms in total. The topological polar surface area (TPSA) is 42.5 Å². The number of hydrogen-bond acceptors (Lipinski definition) is 4. The Morgan fingerprint density at radius 2 is 1.69 bits per heavy atom. The summed E-state index contributed by atoms with van der Waals surface area (Å²) in [6, 6.07) is 9.19. The van der Waals surface area contributed by atoms with Crippen LogP contribution in [0.15, 0.2) is 30.3 Å². The van der Waals surface area contributed by atoms with Crippen LogP contribution >= 0.6 is 34.8 Å². The van der Waals surface area contributed by atoms with Gasteiger partial charge in [-0.1, -0.05) is 40.9 Å². The van der Waals surface area contributed by atoms with Gasteiger partial charge in [-0.05, 0) is 62.0 Å². The van der Waals surface area contributed by atoms with Crippen molar-refractivity contribution in [3.63, 3.8) is 0 Å². The van der Waals surface area contributed by atoms with E-state index in [1.807, 2.05) is 25.2 Å². The molecule has 0 saturated heterocycles. The van der Waals surface area contributed by atoms with Gasteiger partial charge in [0.25, 0.3) is 0 Å². The van der Waals surface area contributed by atoms with E-state index in [1.165, 1.54) is 0 Å². The highest BCUT2D eigenvalue weighted by atomic mass is 35.5. The van der Waals surface area contributed by atoms with Crippen molar-refractivity contribution in [3.05, 3.63) is 56.5 Å². The summed E-state index contributed by atoms with van der Waals surface area (Å²) in [6.45, 7) is 2.94. The van der Waals surface area contributed by atoms with Crippen molar-refractivity contribution in [1.82, 2.24) is 10.6 Å². The molecule has 0 spiro atoms. The van der Waals surface area contributed by atoms with Crippen LogP contribution < -0.4 is 20.1 Å². The van der Waals surface area contributed by atoms with Crippen LogP contribution in [0.3, 0.4) is 0 Å². The van der Waals surface area contributed by atoms with Crippen LogP contribution in [0, 0.1) is 0 Å². The first-order valence-electron chi connectivity index (χ1n) is 8.33. The maximum atomic E-state index is 6.41. The summed E-state index contributed by atoms with van der Waals surface area (Å²) in [6.07, 6.45) is 1.06. The van der Waals surface area contributed by atoms with E-state index < -0.39 is 0 Å². The Bertz CT molecular complexity index is 726. The van der Waals surface area contributed by atoms with Crippen molar-refractivity contribution in [2.75, 3.05) is 27.2 Å². The number of methoxy groups -OCH3 is 1. The van der Waals surface area contributed by atoms with E-state index in [-0.39, 0.29) is 0 Å². The lowest BCUT2D eigenvalue weighted by Crippen LogP contribution is -2.19. The van der Waals surface area contributed by atoms with Crippen molar-refractivity contribution in [3.8, 4) is 11.5 Å². The number of halogens is 3. The molecule has 2 aromatic carbocycles. The Labute approximate surface area is 169 Å². The molecule has 0 amide bonds. The Balaban J connectivity index is 2.02. The molecule has 0 fully saturated rings. The van der Waals surface area contributed by atoms with Gasteiger partial charge in [0.15, 0.2) is 11.5 Å².